The molecule has 0 saturated carbocycles. The Morgan fingerprint density at radius 2 is 1.40 bits per heavy atom. The standard InChI is InChI=1S/C16H23NO8/c1-5-23-12(19)7-8-13(20)25-9-11(18)15(21)17-14(10(3)4)16(22)24-6-2/h7-8,10,14H,5-6,9H2,1-4H3,(H,17,21)/b8-7+/t14-/m0/s1. The molecule has 1 atom stereocenters. The van der Waals surface area contributed by atoms with Gasteiger partial charge in [-0.2, -0.15) is 0 Å². The molecule has 0 aromatic carbocycles. The van der Waals surface area contributed by atoms with Gasteiger partial charge >= 0.3 is 17.9 Å². The van der Waals surface area contributed by atoms with E-state index in [0.717, 1.165) is 12.2 Å². The fraction of sp³-hybridized carbons (Fsp3) is 0.562. The Kier molecular flexibility index (Phi) is 10.5. The van der Waals surface area contributed by atoms with Crippen LogP contribution in [0.4, 0.5) is 0 Å². The van der Waals surface area contributed by atoms with Crippen LogP contribution in [0.1, 0.15) is 27.7 Å². The van der Waals surface area contributed by atoms with E-state index in [4.69, 9.17) is 4.74 Å². The molecule has 9 nitrogen and oxygen atoms in total. The lowest BCUT2D eigenvalue weighted by molar-refractivity contribution is -0.152. The second-order valence-corrected chi connectivity index (χ2v) is 5.06. The Morgan fingerprint density at radius 3 is 1.88 bits per heavy atom. The van der Waals surface area contributed by atoms with E-state index in [1.807, 2.05) is 0 Å². The SMILES string of the molecule is CCOC(=O)/C=C/C(=O)OCC(=O)C(=O)N[C@H](C(=O)OCC)C(C)C. The molecule has 0 fully saturated rings. The molecular weight excluding hydrogens is 334 g/mol. The average Bonchev–Trinajstić information content (AvgIpc) is 2.55. The summed E-state index contributed by atoms with van der Waals surface area (Å²) >= 11 is 0. The smallest absolute Gasteiger partial charge is 0.331 e. The molecule has 0 radical (unpaired) electrons. The fourth-order valence-electron chi connectivity index (χ4n) is 1.53. The van der Waals surface area contributed by atoms with Crippen molar-refractivity contribution < 1.29 is 38.2 Å². The Labute approximate surface area is 145 Å². The number of ketones is 1. The first-order valence-electron chi connectivity index (χ1n) is 7.74. The van der Waals surface area contributed by atoms with E-state index in [0.29, 0.717) is 0 Å². The largest absolute Gasteiger partial charge is 0.464 e. The van der Waals surface area contributed by atoms with E-state index in [-0.39, 0.29) is 19.1 Å². The molecule has 25 heavy (non-hydrogen) atoms. The predicted octanol–water partition coefficient (Wildman–Crippen LogP) is -0.0781. The maximum absolute atomic E-state index is 11.8. The Bertz CT molecular complexity index is 538. The van der Waals surface area contributed by atoms with Gasteiger partial charge in [-0.05, 0) is 19.8 Å². The van der Waals surface area contributed by atoms with Gasteiger partial charge in [-0.15, -0.1) is 0 Å². The second kappa shape index (κ2) is 11.8. The molecule has 0 rings (SSSR count). The summed E-state index contributed by atoms with van der Waals surface area (Å²) in [4.78, 5) is 57.5. The van der Waals surface area contributed by atoms with Crippen molar-refractivity contribution in [2.45, 2.75) is 33.7 Å². The first kappa shape index (κ1) is 22.3. The van der Waals surface area contributed by atoms with Gasteiger partial charge in [0, 0.05) is 12.2 Å². The minimum absolute atomic E-state index is 0.135. The van der Waals surface area contributed by atoms with E-state index in [1.54, 1.807) is 27.7 Å². The number of Topliss-reactive ketones (excluding diaryl/α,β-unsaturated/α-hetero) is 1. The topological polar surface area (TPSA) is 125 Å². The average molecular weight is 357 g/mol. The molecule has 1 amide bonds. The second-order valence-electron chi connectivity index (χ2n) is 5.06. The first-order valence-corrected chi connectivity index (χ1v) is 7.74. The molecule has 140 valence electrons. The molecule has 0 aliphatic carbocycles. The highest BCUT2D eigenvalue weighted by atomic mass is 16.5. The zero-order valence-corrected chi connectivity index (χ0v) is 14.7. The van der Waals surface area contributed by atoms with Crippen LogP contribution in [0.3, 0.4) is 0 Å². The molecule has 0 aliphatic heterocycles. The number of carbonyl (C=O) groups excluding carboxylic acids is 5. The number of esters is 3. The molecule has 1 N–H and O–H groups in total. The van der Waals surface area contributed by atoms with Gasteiger partial charge in [0.1, 0.15) is 6.04 Å². The van der Waals surface area contributed by atoms with Gasteiger partial charge < -0.3 is 19.5 Å². The summed E-state index contributed by atoms with van der Waals surface area (Å²) < 4.78 is 13.9. The van der Waals surface area contributed by atoms with Crippen molar-refractivity contribution in [2.75, 3.05) is 19.8 Å². The number of hydrogen-bond acceptors (Lipinski definition) is 8. The fourth-order valence-corrected chi connectivity index (χ4v) is 1.53. The summed E-state index contributed by atoms with van der Waals surface area (Å²) in [5.74, 6) is -4.81. The lowest BCUT2D eigenvalue weighted by Gasteiger charge is -2.19. The lowest BCUT2D eigenvalue weighted by atomic mass is 10.0. The van der Waals surface area contributed by atoms with Crippen molar-refractivity contribution >= 4 is 29.6 Å². The highest BCUT2D eigenvalue weighted by Gasteiger charge is 2.28. The van der Waals surface area contributed by atoms with Crippen molar-refractivity contribution in [3.05, 3.63) is 12.2 Å². The number of nitrogens with one attached hydrogen (secondary N) is 1. The van der Waals surface area contributed by atoms with Crippen LogP contribution in [0.25, 0.3) is 0 Å². The van der Waals surface area contributed by atoms with Gasteiger partial charge in [-0.1, -0.05) is 13.8 Å². The van der Waals surface area contributed by atoms with Crippen LogP contribution < -0.4 is 5.32 Å². The van der Waals surface area contributed by atoms with Crippen LogP contribution >= 0.6 is 0 Å². The molecule has 9 heteroatoms. The highest BCUT2D eigenvalue weighted by Crippen LogP contribution is 2.04. The van der Waals surface area contributed by atoms with Gasteiger partial charge in [0.05, 0.1) is 13.2 Å². The normalized spacial score (nSPS) is 11.7. The molecule has 0 saturated heterocycles. The summed E-state index contributed by atoms with van der Waals surface area (Å²) in [6.07, 6.45) is 1.62. The van der Waals surface area contributed by atoms with Crippen molar-refractivity contribution in [3.63, 3.8) is 0 Å². The summed E-state index contributed by atoms with van der Waals surface area (Å²) in [6.45, 7) is 6.02. The third-order valence-corrected chi connectivity index (χ3v) is 2.73. The van der Waals surface area contributed by atoms with Gasteiger partial charge in [0.2, 0.25) is 0 Å². The quantitative estimate of drug-likeness (QED) is 0.249. The highest BCUT2D eigenvalue weighted by molar-refractivity contribution is 6.37. The molecule has 0 bridgehead atoms. The zero-order chi connectivity index (χ0) is 19.4. The van der Waals surface area contributed by atoms with Crippen molar-refractivity contribution in [1.29, 1.82) is 0 Å². The molecule has 0 spiro atoms. The molecule has 0 heterocycles. The molecular formula is C16H23NO8. The monoisotopic (exact) mass is 357 g/mol. The van der Waals surface area contributed by atoms with Crippen molar-refractivity contribution in [1.82, 2.24) is 5.32 Å². The summed E-state index contributed by atoms with van der Waals surface area (Å²) in [7, 11) is 0. The van der Waals surface area contributed by atoms with Crippen molar-refractivity contribution in [3.8, 4) is 0 Å². The van der Waals surface area contributed by atoms with Crippen LogP contribution in [0, 0.1) is 5.92 Å². The van der Waals surface area contributed by atoms with Gasteiger partial charge in [-0.25, -0.2) is 14.4 Å². The molecule has 0 aromatic rings. The molecule has 0 unspecified atom stereocenters. The van der Waals surface area contributed by atoms with Crippen molar-refractivity contribution in [2.24, 2.45) is 5.92 Å². The number of amides is 1. The van der Waals surface area contributed by atoms with Crippen LogP contribution in [-0.4, -0.2) is 55.5 Å². The number of rotatable bonds is 10. The lowest BCUT2D eigenvalue weighted by Crippen LogP contribution is -2.48. The number of ether oxygens (including phenoxy) is 3. The molecule has 0 aromatic heterocycles. The maximum atomic E-state index is 11.8. The third kappa shape index (κ3) is 9.23. The van der Waals surface area contributed by atoms with Gasteiger partial charge in [0.25, 0.3) is 11.7 Å². The number of hydrogen-bond donors (Lipinski definition) is 1. The van der Waals surface area contributed by atoms with E-state index in [1.165, 1.54) is 0 Å². The maximum Gasteiger partial charge on any atom is 0.331 e. The minimum atomic E-state index is -1.08. The third-order valence-electron chi connectivity index (χ3n) is 2.73. The van der Waals surface area contributed by atoms with Gasteiger partial charge in [0.15, 0.2) is 6.61 Å². The van der Waals surface area contributed by atoms with Crippen LogP contribution in [0.5, 0.6) is 0 Å². The first-order chi connectivity index (χ1) is 11.7. The van der Waals surface area contributed by atoms with Crippen LogP contribution in [-0.2, 0) is 38.2 Å². The zero-order valence-electron chi connectivity index (χ0n) is 14.7. The van der Waals surface area contributed by atoms with E-state index in [2.05, 4.69) is 14.8 Å². The summed E-state index contributed by atoms with van der Waals surface area (Å²) in [5.41, 5.74) is 0. The Balaban J connectivity index is 4.50. The number of carbonyl (C=O) groups is 5. The van der Waals surface area contributed by atoms with Gasteiger partial charge in [-0.3, -0.25) is 9.59 Å². The van der Waals surface area contributed by atoms with Crippen LogP contribution in [0.15, 0.2) is 12.2 Å². The van der Waals surface area contributed by atoms with E-state index >= 15 is 0 Å². The van der Waals surface area contributed by atoms with Crippen LogP contribution in [0.2, 0.25) is 0 Å². The van der Waals surface area contributed by atoms with E-state index < -0.39 is 42.2 Å². The summed E-state index contributed by atoms with van der Waals surface area (Å²) in [5, 5.41) is 2.25. The predicted molar refractivity (Wildman–Crippen MR) is 85.1 cm³/mol. The Hall–Kier alpha value is -2.71. The van der Waals surface area contributed by atoms with E-state index in [9.17, 15) is 24.0 Å². The minimum Gasteiger partial charge on any atom is -0.464 e. The Morgan fingerprint density at radius 1 is 0.880 bits per heavy atom. The summed E-state index contributed by atoms with van der Waals surface area (Å²) in [6, 6.07) is -0.990. The molecule has 0 aliphatic rings.